The molecule has 1 fully saturated rings. The van der Waals surface area contributed by atoms with Crippen LogP contribution in [0.3, 0.4) is 0 Å². The second-order valence-corrected chi connectivity index (χ2v) is 9.66. The van der Waals surface area contributed by atoms with Crippen LogP contribution < -0.4 is 0 Å². The maximum Gasteiger partial charge on any atom is 0.0476 e. The van der Waals surface area contributed by atoms with Gasteiger partial charge in [-0.25, -0.2) is 0 Å². The lowest BCUT2D eigenvalue weighted by Gasteiger charge is -2.13. The molecular formula is C7H16Si. The lowest BCUT2D eigenvalue weighted by molar-refractivity contribution is 0.968. The van der Waals surface area contributed by atoms with E-state index >= 15 is 0 Å². The molecule has 1 heteroatoms. The molecule has 0 aromatic rings. The zero-order valence-electron chi connectivity index (χ0n) is 6.36. The van der Waals surface area contributed by atoms with Crippen LogP contribution in [-0.4, -0.2) is 8.07 Å². The highest BCUT2D eigenvalue weighted by molar-refractivity contribution is 6.78. The molecule has 0 aromatic carbocycles. The van der Waals surface area contributed by atoms with E-state index in [4.69, 9.17) is 0 Å². The molecule has 0 heterocycles. The van der Waals surface area contributed by atoms with Crippen molar-refractivity contribution in [3.8, 4) is 0 Å². The lowest BCUT2D eigenvalue weighted by atomic mass is 10.5. The Labute approximate surface area is 53.3 Å². The van der Waals surface area contributed by atoms with Gasteiger partial charge in [0.15, 0.2) is 0 Å². The summed E-state index contributed by atoms with van der Waals surface area (Å²) >= 11 is 0. The van der Waals surface area contributed by atoms with Crippen LogP contribution in [0.5, 0.6) is 0 Å². The monoisotopic (exact) mass is 128 g/mol. The van der Waals surface area contributed by atoms with Crippen LogP contribution in [0, 0.1) is 5.92 Å². The van der Waals surface area contributed by atoms with Gasteiger partial charge in [-0.2, -0.15) is 0 Å². The van der Waals surface area contributed by atoms with Crippen LogP contribution in [0.4, 0.5) is 0 Å². The first-order valence-electron chi connectivity index (χ1n) is 3.52. The van der Waals surface area contributed by atoms with E-state index in [0.717, 1.165) is 11.5 Å². The fourth-order valence-corrected chi connectivity index (χ4v) is 4.32. The summed E-state index contributed by atoms with van der Waals surface area (Å²) in [5.41, 5.74) is 1.16. The van der Waals surface area contributed by atoms with Crippen molar-refractivity contribution in [2.45, 2.75) is 38.5 Å². The van der Waals surface area contributed by atoms with Gasteiger partial charge in [0.1, 0.15) is 0 Å². The quantitative estimate of drug-likeness (QED) is 0.476. The summed E-state index contributed by atoms with van der Waals surface area (Å²) in [6, 6.07) is 0. The molecule has 0 bridgehead atoms. The smallest absolute Gasteiger partial charge is 0.0476 e. The van der Waals surface area contributed by atoms with Gasteiger partial charge >= 0.3 is 0 Å². The van der Waals surface area contributed by atoms with E-state index < -0.39 is 8.07 Å². The highest BCUT2D eigenvalue weighted by atomic mass is 28.3. The maximum atomic E-state index is 2.47. The predicted octanol–water partition coefficient (Wildman–Crippen LogP) is 2.73. The van der Waals surface area contributed by atoms with E-state index in [1.807, 2.05) is 0 Å². The first-order chi connectivity index (χ1) is 3.52. The molecule has 48 valence electrons. The molecule has 1 rings (SSSR count). The Kier molecular flexibility index (Phi) is 1.27. The minimum Gasteiger partial charge on any atom is -0.0693 e. The highest BCUT2D eigenvalue weighted by Gasteiger charge is 2.42. The first-order valence-corrected chi connectivity index (χ1v) is 7.09. The molecule has 1 aliphatic carbocycles. The number of rotatable bonds is 1. The lowest BCUT2D eigenvalue weighted by Crippen LogP contribution is -2.20. The third-order valence-electron chi connectivity index (χ3n) is 2.22. The Balaban J connectivity index is 2.39. The van der Waals surface area contributed by atoms with Crippen LogP contribution in [-0.2, 0) is 0 Å². The van der Waals surface area contributed by atoms with Gasteiger partial charge in [0.05, 0.1) is 0 Å². The molecule has 0 unspecified atom stereocenters. The largest absolute Gasteiger partial charge is 0.0693 e. The van der Waals surface area contributed by atoms with E-state index in [1.165, 1.54) is 6.42 Å². The highest BCUT2D eigenvalue weighted by Crippen LogP contribution is 2.50. The van der Waals surface area contributed by atoms with E-state index in [1.54, 1.807) is 0 Å². The Morgan fingerprint density at radius 1 is 1.25 bits per heavy atom. The summed E-state index contributed by atoms with van der Waals surface area (Å²) in [4.78, 5) is 0. The van der Waals surface area contributed by atoms with Gasteiger partial charge in [0.2, 0.25) is 0 Å². The van der Waals surface area contributed by atoms with E-state index in [0.29, 0.717) is 0 Å². The summed E-state index contributed by atoms with van der Waals surface area (Å²) in [5, 5.41) is 0. The SMILES string of the molecule is C[C@H]1C[C@H]1[Si](C)(C)C. The third-order valence-corrected chi connectivity index (χ3v) is 5.25. The molecule has 0 spiro atoms. The Bertz CT molecular complexity index is 91.1. The topological polar surface area (TPSA) is 0 Å². The molecule has 8 heavy (non-hydrogen) atoms. The van der Waals surface area contributed by atoms with Gasteiger partial charge in [-0.1, -0.05) is 26.6 Å². The molecule has 0 N–H and O–H groups in total. The normalized spacial score (nSPS) is 37.5. The van der Waals surface area contributed by atoms with Crippen molar-refractivity contribution < 1.29 is 0 Å². The molecule has 0 radical (unpaired) electrons. The van der Waals surface area contributed by atoms with Gasteiger partial charge < -0.3 is 0 Å². The molecular weight excluding hydrogens is 112 g/mol. The number of hydrogen-bond acceptors (Lipinski definition) is 0. The Morgan fingerprint density at radius 2 is 1.62 bits per heavy atom. The van der Waals surface area contributed by atoms with Crippen LogP contribution in [0.15, 0.2) is 0 Å². The average Bonchev–Trinajstić information content (AvgIpc) is 2.13. The molecule has 0 aromatic heterocycles. The predicted molar refractivity (Wildman–Crippen MR) is 40.9 cm³/mol. The van der Waals surface area contributed by atoms with Gasteiger partial charge in [0.25, 0.3) is 0 Å². The molecule has 0 saturated heterocycles. The van der Waals surface area contributed by atoms with Crippen molar-refractivity contribution >= 4 is 8.07 Å². The minimum atomic E-state index is -0.687. The summed E-state index contributed by atoms with van der Waals surface area (Å²) in [6.07, 6.45) is 1.52. The molecule has 0 nitrogen and oxygen atoms in total. The third kappa shape index (κ3) is 1.13. The average molecular weight is 128 g/mol. The molecule has 0 amide bonds. The molecule has 2 atom stereocenters. The van der Waals surface area contributed by atoms with Crippen molar-refractivity contribution in [3.05, 3.63) is 0 Å². The van der Waals surface area contributed by atoms with Crippen molar-refractivity contribution in [2.75, 3.05) is 0 Å². The molecule has 1 aliphatic rings. The van der Waals surface area contributed by atoms with Gasteiger partial charge in [-0.05, 0) is 17.9 Å². The second kappa shape index (κ2) is 1.60. The zero-order chi connectivity index (χ0) is 6.36. The first kappa shape index (κ1) is 6.34. The van der Waals surface area contributed by atoms with E-state index in [-0.39, 0.29) is 0 Å². The second-order valence-electron chi connectivity index (χ2n) is 4.19. The zero-order valence-corrected chi connectivity index (χ0v) is 7.36. The van der Waals surface area contributed by atoms with Crippen molar-refractivity contribution in [1.82, 2.24) is 0 Å². The maximum absolute atomic E-state index is 2.47. The van der Waals surface area contributed by atoms with E-state index in [2.05, 4.69) is 26.6 Å². The standard InChI is InChI=1S/C7H16Si/c1-6-5-7(6)8(2,3)4/h6-7H,5H2,1-4H3/t6-,7+/m0/s1. The van der Waals surface area contributed by atoms with Gasteiger partial charge in [-0.3, -0.25) is 0 Å². The Morgan fingerprint density at radius 3 is 1.62 bits per heavy atom. The van der Waals surface area contributed by atoms with Gasteiger partial charge in [-0.15, -0.1) is 0 Å². The van der Waals surface area contributed by atoms with Crippen molar-refractivity contribution in [3.63, 3.8) is 0 Å². The summed E-state index contributed by atoms with van der Waals surface area (Å²) < 4.78 is 0. The van der Waals surface area contributed by atoms with Crippen molar-refractivity contribution in [2.24, 2.45) is 5.92 Å². The van der Waals surface area contributed by atoms with Crippen molar-refractivity contribution in [1.29, 1.82) is 0 Å². The van der Waals surface area contributed by atoms with E-state index in [9.17, 15) is 0 Å². The molecule has 0 aliphatic heterocycles. The summed E-state index contributed by atoms with van der Waals surface area (Å²) in [6.45, 7) is 9.80. The fraction of sp³-hybridized carbons (Fsp3) is 1.00. The van der Waals surface area contributed by atoms with Crippen LogP contribution in [0.2, 0.25) is 25.2 Å². The van der Waals surface area contributed by atoms with Crippen LogP contribution >= 0.6 is 0 Å². The molecule has 1 saturated carbocycles. The summed E-state index contributed by atoms with van der Waals surface area (Å²) in [5.74, 6) is 1.07. The van der Waals surface area contributed by atoms with Crippen LogP contribution in [0.1, 0.15) is 13.3 Å². The Hall–Kier alpha value is 0.217. The van der Waals surface area contributed by atoms with Gasteiger partial charge in [0, 0.05) is 8.07 Å². The number of hydrogen-bond donors (Lipinski definition) is 0. The minimum absolute atomic E-state index is 0.687. The van der Waals surface area contributed by atoms with Crippen LogP contribution in [0.25, 0.3) is 0 Å². The summed E-state index contributed by atoms with van der Waals surface area (Å²) in [7, 11) is -0.687. The fourth-order valence-electron chi connectivity index (χ4n) is 1.53.